The largest absolute Gasteiger partial charge is 0.380 e. The second kappa shape index (κ2) is 18.2. The van der Waals surface area contributed by atoms with Crippen LogP contribution in [0.1, 0.15) is 51.5 Å². The number of carbonyl (C=O) groups is 3. The van der Waals surface area contributed by atoms with Crippen molar-refractivity contribution >= 4 is 23.4 Å². The summed E-state index contributed by atoms with van der Waals surface area (Å²) in [5.74, 6) is -1.05. The number of nitrogens with one attached hydrogen (secondary N) is 4. The zero-order valence-electron chi connectivity index (χ0n) is 22.2. The molecule has 1 aromatic rings. The number of anilines is 1. The van der Waals surface area contributed by atoms with Crippen molar-refractivity contribution in [2.45, 2.75) is 64.6 Å². The maximum Gasteiger partial charge on any atom is 0.246 e. The van der Waals surface area contributed by atoms with Crippen LogP contribution in [-0.4, -0.2) is 64.1 Å². The van der Waals surface area contributed by atoms with Gasteiger partial charge in [0.1, 0.15) is 35.9 Å². The van der Waals surface area contributed by atoms with E-state index >= 15 is 0 Å². The Kier molecular flexibility index (Phi) is 15.6. The number of hydrogen-bond acceptors (Lipinski definition) is 7. The van der Waals surface area contributed by atoms with E-state index in [-0.39, 0.29) is 30.1 Å². The van der Waals surface area contributed by atoms with Gasteiger partial charge in [-0.3, -0.25) is 14.4 Å². The van der Waals surface area contributed by atoms with Gasteiger partial charge in [0.05, 0.1) is 6.61 Å². The van der Waals surface area contributed by atoms with E-state index in [1.165, 1.54) is 0 Å². The normalized spacial score (nSPS) is 12.3. The minimum atomic E-state index is -0.746. The van der Waals surface area contributed by atoms with Gasteiger partial charge in [0, 0.05) is 19.2 Å². The Morgan fingerprint density at radius 3 is 2.36 bits per heavy atom. The fourth-order valence-electron chi connectivity index (χ4n) is 3.45. The molecule has 2 unspecified atom stereocenters. The number of unbranched alkanes of at least 4 members (excludes halogenated alkanes) is 1. The minimum absolute atomic E-state index is 0.150. The molecule has 11 heteroatoms. The third-order valence-electron chi connectivity index (χ3n) is 5.42. The van der Waals surface area contributed by atoms with Gasteiger partial charge < -0.3 is 26.0 Å². The van der Waals surface area contributed by atoms with E-state index in [9.17, 15) is 14.4 Å². The zero-order chi connectivity index (χ0) is 26.8. The first kappa shape index (κ1) is 30.9. The van der Waals surface area contributed by atoms with Crippen LogP contribution in [0.4, 0.5) is 5.69 Å². The molecule has 0 bridgehead atoms. The van der Waals surface area contributed by atoms with E-state index in [0.29, 0.717) is 51.1 Å². The molecule has 0 aliphatic heterocycles. The Morgan fingerprint density at radius 2 is 1.75 bits per heavy atom. The van der Waals surface area contributed by atoms with Crippen LogP contribution in [0.3, 0.4) is 0 Å². The first-order chi connectivity index (χ1) is 17.3. The van der Waals surface area contributed by atoms with Crippen LogP contribution in [-0.2, 0) is 25.7 Å². The van der Waals surface area contributed by atoms with Crippen LogP contribution in [0.15, 0.2) is 34.5 Å². The lowest BCUT2D eigenvalue weighted by atomic mass is 10.0. The SMILES string of the molecule is CN=[N+]=NCCCCC(=O)NC(C(=O)NC(CCCNC)C(=O)Nc1ccc(COC)cc1)C(C)C. The molecule has 11 nitrogen and oxygen atoms in total. The first-order valence-corrected chi connectivity index (χ1v) is 12.4. The first-order valence-electron chi connectivity index (χ1n) is 12.4. The van der Waals surface area contributed by atoms with Crippen LogP contribution in [0.2, 0.25) is 0 Å². The number of methoxy groups -OCH3 is 1. The number of rotatable bonds is 17. The molecule has 2 atom stereocenters. The zero-order valence-corrected chi connectivity index (χ0v) is 22.2. The van der Waals surface area contributed by atoms with Gasteiger partial charge in [0.25, 0.3) is 0 Å². The van der Waals surface area contributed by atoms with Crippen molar-refractivity contribution in [2.75, 3.05) is 39.6 Å². The summed E-state index contributed by atoms with van der Waals surface area (Å²) in [5.41, 5.74) is 1.62. The van der Waals surface area contributed by atoms with Crippen LogP contribution in [0.5, 0.6) is 0 Å². The average Bonchev–Trinajstić information content (AvgIpc) is 2.85. The average molecular weight is 505 g/mol. The van der Waals surface area contributed by atoms with Gasteiger partial charge in [-0.15, -0.1) is 0 Å². The molecule has 0 saturated heterocycles. The van der Waals surface area contributed by atoms with E-state index in [4.69, 9.17) is 4.74 Å². The number of carbonyl (C=O) groups excluding carboxylic acids is 3. The Morgan fingerprint density at radius 1 is 1.03 bits per heavy atom. The fraction of sp³-hybridized carbons (Fsp3) is 0.640. The molecule has 1 aromatic carbocycles. The quantitative estimate of drug-likeness (QED) is 0.146. The molecular formula is C25H42N7O4+. The summed E-state index contributed by atoms with van der Waals surface area (Å²) in [6, 6.07) is 5.86. The Hall–Kier alpha value is -3.14. The predicted octanol–water partition coefficient (Wildman–Crippen LogP) is 2.17. The van der Waals surface area contributed by atoms with Gasteiger partial charge in [-0.05, 0) is 62.9 Å². The van der Waals surface area contributed by atoms with Crippen molar-refractivity contribution in [3.8, 4) is 0 Å². The van der Waals surface area contributed by atoms with Gasteiger partial charge in [-0.1, -0.05) is 26.0 Å². The summed E-state index contributed by atoms with van der Waals surface area (Å²) in [5, 5.41) is 19.0. The lowest BCUT2D eigenvalue weighted by Gasteiger charge is -2.25. The molecule has 3 amide bonds. The number of amides is 3. The van der Waals surface area contributed by atoms with Gasteiger partial charge >= 0.3 is 0 Å². The molecule has 0 fully saturated rings. The molecule has 4 N–H and O–H groups in total. The third-order valence-corrected chi connectivity index (χ3v) is 5.42. The Bertz CT molecular complexity index is 868. The predicted molar refractivity (Wildman–Crippen MR) is 139 cm³/mol. The summed E-state index contributed by atoms with van der Waals surface area (Å²) in [7, 11) is 5.00. The Balaban J connectivity index is 2.77. The van der Waals surface area contributed by atoms with E-state index in [2.05, 4.69) is 36.4 Å². The number of hydrogen-bond donors (Lipinski definition) is 4. The van der Waals surface area contributed by atoms with Crippen LogP contribution < -0.4 is 26.2 Å². The topological polar surface area (TPSA) is 147 Å². The molecule has 0 heterocycles. The molecule has 0 aliphatic carbocycles. The summed E-state index contributed by atoms with van der Waals surface area (Å²) in [6.45, 7) is 5.41. The Labute approximate surface area is 214 Å². The summed E-state index contributed by atoms with van der Waals surface area (Å²) >= 11 is 0. The van der Waals surface area contributed by atoms with Crippen LogP contribution in [0, 0.1) is 5.92 Å². The minimum Gasteiger partial charge on any atom is -0.380 e. The molecule has 200 valence electrons. The number of ether oxygens (including phenoxy) is 1. The highest BCUT2D eigenvalue weighted by Crippen LogP contribution is 2.12. The van der Waals surface area contributed by atoms with Gasteiger partial charge in [0.2, 0.25) is 22.6 Å². The summed E-state index contributed by atoms with van der Waals surface area (Å²) < 4.78 is 5.11. The van der Waals surface area contributed by atoms with E-state index in [0.717, 1.165) is 5.56 Å². The van der Waals surface area contributed by atoms with E-state index in [1.807, 2.05) is 33.0 Å². The second-order valence-corrected chi connectivity index (χ2v) is 8.83. The maximum absolute atomic E-state index is 13.1. The highest BCUT2D eigenvalue weighted by molar-refractivity contribution is 5.98. The highest BCUT2D eigenvalue weighted by Gasteiger charge is 2.28. The third kappa shape index (κ3) is 12.5. The lowest BCUT2D eigenvalue weighted by molar-refractivity contribution is -0.132. The maximum atomic E-state index is 13.1. The van der Waals surface area contributed by atoms with E-state index in [1.54, 1.807) is 26.3 Å². The van der Waals surface area contributed by atoms with Crippen LogP contribution in [0.25, 0.3) is 0 Å². The standard InChI is InChI=1S/C25H41N7O4/c1-18(2)23(31-22(33)10-6-7-16-28-32-27-4)25(35)30-21(9-8-15-26-3)24(34)29-20-13-11-19(12-14-20)17-36-5/h11-14,18,21,23,26H,6-10,15-17H2,1-5H3,(H2-,29,30,31,33,34,35)/p+1. The summed E-state index contributed by atoms with van der Waals surface area (Å²) in [6.07, 6.45) is 2.76. The van der Waals surface area contributed by atoms with Crippen molar-refractivity contribution in [2.24, 2.45) is 16.1 Å². The van der Waals surface area contributed by atoms with Crippen molar-refractivity contribution < 1.29 is 19.1 Å². The second-order valence-electron chi connectivity index (χ2n) is 8.83. The van der Waals surface area contributed by atoms with Gasteiger partial charge in [0.15, 0.2) is 0 Å². The molecule has 36 heavy (non-hydrogen) atoms. The lowest BCUT2D eigenvalue weighted by Crippen LogP contribution is -2.54. The molecule has 0 aliphatic rings. The molecule has 0 saturated carbocycles. The fourth-order valence-corrected chi connectivity index (χ4v) is 3.45. The summed E-state index contributed by atoms with van der Waals surface area (Å²) in [4.78, 5) is 42.1. The van der Waals surface area contributed by atoms with Crippen molar-refractivity contribution in [3.63, 3.8) is 0 Å². The molecule has 0 radical (unpaired) electrons. The highest BCUT2D eigenvalue weighted by atomic mass is 16.5. The van der Waals surface area contributed by atoms with Gasteiger partial charge in [-0.2, -0.15) is 0 Å². The number of benzene rings is 1. The van der Waals surface area contributed by atoms with Gasteiger partial charge in [-0.25, -0.2) is 0 Å². The monoisotopic (exact) mass is 504 g/mol. The van der Waals surface area contributed by atoms with Crippen LogP contribution >= 0.6 is 0 Å². The molecule has 1 rings (SSSR count). The smallest absolute Gasteiger partial charge is 0.246 e. The molecule has 0 spiro atoms. The molecular weight excluding hydrogens is 462 g/mol. The van der Waals surface area contributed by atoms with Crippen molar-refractivity contribution in [1.29, 1.82) is 0 Å². The van der Waals surface area contributed by atoms with Crippen molar-refractivity contribution in [3.05, 3.63) is 29.8 Å². The molecule has 0 aromatic heterocycles. The van der Waals surface area contributed by atoms with E-state index < -0.39 is 12.1 Å². The number of nitrogens with zero attached hydrogens (tertiary/aromatic N) is 3. The van der Waals surface area contributed by atoms with Crippen molar-refractivity contribution in [1.82, 2.24) is 20.9 Å².